The molecule has 0 amide bonds. The molecule has 0 fully saturated rings. The molecule has 0 bridgehead atoms. The zero-order chi connectivity index (χ0) is 13.4. The average Bonchev–Trinajstić information content (AvgIpc) is 2.86. The van der Waals surface area contributed by atoms with Crippen molar-refractivity contribution in [2.45, 2.75) is 33.1 Å². The molecule has 0 saturated heterocycles. The fourth-order valence-corrected chi connectivity index (χ4v) is 2.63. The monoisotopic (exact) mass is 251 g/mol. The Balaban J connectivity index is 2.23. The van der Waals surface area contributed by atoms with Gasteiger partial charge in [0, 0.05) is 12.0 Å². The summed E-state index contributed by atoms with van der Waals surface area (Å²) in [5.74, 6) is 1.58. The van der Waals surface area contributed by atoms with Crippen LogP contribution in [-0.4, -0.2) is 0 Å². The highest BCUT2D eigenvalue weighted by Crippen LogP contribution is 2.41. The van der Waals surface area contributed by atoms with Crippen molar-refractivity contribution in [2.75, 3.05) is 0 Å². The van der Waals surface area contributed by atoms with E-state index in [0.717, 1.165) is 12.2 Å². The van der Waals surface area contributed by atoms with E-state index in [1.165, 1.54) is 27.8 Å². The molecule has 0 spiro atoms. The number of hydrogen-bond donors (Lipinski definition) is 0. The van der Waals surface area contributed by atoms with Crippen LogP contribution in [0.5, 0.6) is 5.75 Å². The molecule has 0 unspecified atom stereocenters. The van der Waals surface area contributed by atoms with Gasteiger partial charge in [-0.25, -0.2) is 0 Å². The summed E-state index contributed by atoms with van der Waals surface area (Å²) < 4.78 is 5.75. The van der Waals surface area contributed by atoms with E-state index in [0.29, 0.717) is 5.92 Å². The number of hydrogen-bond acceptors (Lipinski definition) is 1. The van der Waals surface area contributed by atoms with Crippen LogP contribution in [0.1, 0.15) is 36.5 Å². The van der Waals surface area contributed by atoms with Gasteiger partial charge < -0.3 is 4.74 Å². The van der Waals surface area contributed by atoms with Crippen LogP contribution in [0.15, 0.2) is 36.4 Å². The van der Waals surface area contributed by atoms with Gasteiger partial charge in [-0.15, -0.1) is 0 Å². The topological polar surface area (TPSA) is 9.23 Å². The summed E-state index contributed by atoms with van der Waals surface area (Å²) >= 11 is 0. The smallest absolute Gasteiger partial charge is 0.140 e. The molecule has 2 aromatic rings. The van der Waals surface area contributed by atoms with E-state index >= 15 is 0 Å². The number of ether oxygens (including phenoxy) is 1. The molecule has 3 rings (SSSR count). The van der Waals surface area contributed by atoms with Gasteiger partial charge in [-0.3, -0.25) is 0 Å². The van der Waals surface area contributed by atoms with Gasteiger partial charge in [0.05, 0.1) is 0 Å². The lowest BCUT2D eigenvalue weighted by molar-refractivity contribution is 0.436. The lowest BCUT2D eigenvalue weighted by Crippen LogP contribution is -1.93. The summed E-state index contributed by atoms with van der Waals surface area (Å²) in [6.45, 7) is 8.53. The zero-order valence-electron chi connectivity index (χ0n) is 11.7. The SMILES string of the molecule is Cc1ccccc1-c1cc(C(C)C)cc2c1O[CH]C2. The molecular weight excluding hydrogens is 232 g/mol. The summed E-state index contributed by atoms with van der Waals surface area (Å²) in [6, 6.07) is 13.1. The van der Waals surface area contributed by atoms with Crippen LogP contribution in [0, 0.1) is 13.5 Å². The minimum atomic E-state index is 0.536. The molecule has 1 heterocycles. The second-order valence-corrected chi connectivity index (χ2v) is 5.51. The number of aryl methyl sites for hydroxylation is 1. The first kappa shape index (κ1) is 12.3. The summed E-state index contributed by atoms with van der Waals surface area (Å²) in [4.78, 5) is 0. The minimum absolute atomic E-state index is 0.536. The molecule has 1 nitrogen and oxygen atoms in total. The maximum absolute atomic E-state index is 5.75. The lowest BCUT2D eigenvalue weighted by atomic mass is 9.91. The molecule has 0 aromatic heterocycles. The Morgan fingerprint density at radius 2 is 1.84 bits per heavy atom. The van der Waals surface area contributed by atoms with Gasteiger partial charge in [-0.05, 0) is 41.2 Å². The molecule has 0 N–H and O–H groups in total. The molecule has 0 aliphatic carbocycles. The molecule has 1 radical (unpaired) electrons. The summed E-state index contributed by atoms with van der Waals surface area (Å²) in [5.41, 5.74) is 6.49. The van der Waals surface area contributed by atoms with Crippen molar-refractivity contribution in [1.82, 2.24) is 0 Å². The van der Waals surface area contributed by atoms with Gasteiger partial charge in [0.1, 0.15) is 12.4 Å². The highest BCUT2D eigenvalue weighted by molar-refractivity contribution is 5.76. The molecule has 19 heavy (non-hydrogen) atoms. The number of rotatable bonds is 2. The zero-order valence-corrected chi connectivity index (χ0v) is 11.7. The van der Waals surface area contributed by atoms with Crippen LogP contribution in [0.3, 0.4) is 0 Å². The van der Waals surface area contributed by atoms with E-state index in [9.17, 15) is 0 Å². The molecule has 2 aromatic carbocycles. The Bertz CT molecular complexity index is 611. The first-order valence-corrected chi connectivity index (χ1v) is 6.88. The van der Waals surface area contributed by atoms with Crippen LogP contribution < -0.4 is 4.74 Å². The van der Waals surface area contributed by atoms with Crippen LogP contribution in [0.2, 0.25) is 0 Å². The van der Waals surface area contributed by atoms with Crippen molar-refractivity contribution in [2.24, 2.45) is 0 Å². The van der Waals surface area contributed by atoms with Gasteiger partial charge in [-0.1, -0.05) is 44.2 Å². The van der Waals surface area contributed by atoms with Crippen molar-refractivity contribution < 1.29 is 4.74 Å². The first-order chi connectivity index (χ1) is 9.16. The summed E-state index contributed by atoms with van der Waals surface area (Å²) in [7, 11) is 0. The van der Waals surface area contributed by atoms with Gasteiger partial charge in [0.25, 0.3) is 0 Å². The number of benzene rings is 2. The number of fused-ring (bicyclic) bond motifs is 1. The predicted molar refractivity (Wildman–Crippen MR) is 79.3 cm³/mol. The standard InChI is InChI=1S/C18H19O/c1-12(2)15-10-14-8-9-19-18(14)17(11-15)16-7-5-4-6-13(16)3/h4-7,9-12H,8H2,1-3H3. The Morgan fingerprint density at radius 3 is 2.58 bits per heavy atom. The largest absolute Gasteiger partial charge is 0.485 e. The molecule has 0 atom stereocenters. The second-order valence-electron chi connectivity index (χ2n) is 5.51. The van der Waals surface area contributed by atoms with Crippen LogP contribution in [0.25, 0.3) is 11.1 Å². The third-order valence-corrected chi connectivity index (χ3v) is 3.79. The highest BCUT2D eigenvalue weighted by Gasteiger charge is 2.20. The maximum Gasteiger partial charge on any atom is 0.140 e. The van der Waals surface area contributed by atoms with E-state index < -0.39 is 0 Å². The normalized spacial score (nSPS) is 13.5. The van der Waals surface area contributed by atoms with E-state index in [2.05, 4.69) is 57.2 Å². The predicted octanol–water partition coefficient (Wildman–Crippen LogP) is 4.88. The van der Waals surface area contributed by atoms with Gasteiger partial charge in [0.15, 0.2) is 0 Å². The Morgan fingerprint density at radius 1 is 1.05 bits per heavy atom. The minimum Gasteiger partial charge on any atom is -0.485 e. The highest BCUT2D eigenvalue weighted by atomic mass is 16.5. The Kier molecular flexibility index (Phi) is 3.06. The van der Waals surface area contributed by atoms with E-state index in [-0.39, 0.29) is 0 Å². The Labute approximate surface area is 115 Å². The Hall–Kier alpha value is -1.76. The van der Waals surface area contributed by atoms with Crippen molar-refractivity contribution >= 4 is 0 Å². The molecular formula is C18H19O. The summed E-state index contributed by atoms with van der Waals surface area (Å²) in [6.07, 6.45) is 0.911. The van der Waals surface area contributed by atoms with Gasteiger partial charge in [-0.2, -0.15) is 0 Å². The van der Waals surface area contributed by atoms with Crippen molar-refractivity contribution in [1.29, 1.82) is 0 Å². The van der Waals surface area contributed by atoms with Gasteiger partial charge >= 0.3 is 0 Å². The van der Waals surface area contributed by atoms with Crippen LogP contribution in [-0.2, 0) is 6.42 Å². The van der Waals surface area contributed by atoms with Gasteiger partial charge in [0.2, 0.25) is 0 Å². The van der Waals surface area contributed by atoms with Crippen molar-refractivity contribution in [3.63, 3.8) is 0 Å². The molecule has 1 aliphatic rings. The molecule has 1 aliphatic heterocycles. The quantitative estimate of drug-likeness (QED) is 0.739. The third kappa shape index (κ3) is 2.14. The molecule has 0 saturated carbocycles. The average molecular weight is 251 g/mol. The summed E-state index contributed by atoms with van der Waals surface area (Å²) in [5, 5.41) is 0. The molecule has 97 valence electrons. The fraction of sp³-hybridized carbons (Fsp3) is 0.278. The van der Waals surface area contributed by atoms with E-state index in [4.69, 9.17) is 4.74 Å². The fourth-order valence-electron chi connectivity index (χ4n) is 2.63. The van der Waals surface area contributed by atoms with E-state index in [1.807, 2.05) is 6.61 Å². The van der Waals surface area contributed by atoms with Crippen molar-refractivity contribution in [3.05, 3.63) is 59.7 Å². The molecule has 1 heteroatoms. The lowest BCUT2D eigenvalue weighted by Gasteiger charge is -2.15. The van der Waals surface area contributed by atoms with Crippen LogP contribution >= 0.6 is 0 Å². The first-order valence-electron chi connectivity index (χ1n) is 6.88. The van der Waals surface area contributed by atoms with Crippen molar-refractivity contribution in [3.8, 4) is 16.9 Å². The second kappa shape index (κ2) is 4.73. The van der Waals surface area contributed by atoms with E-state index in [1.54, 1.807) is 0 Å². The third-order valence-electron chi connectivity index (χ3n) is 3.79. The van der Waals surface area contributed by atoms with Crippen LogP contribution in [0.4, 0.5) is 0 Å². The maximum atomic E-state index is 5.75.